The molecule has 1 aromatic carbocycles. The highest BCUT2D eigenvalue weighted by Crippen LogP contribution is 2.18. The van der Waals surface area contributed by atoms with E-state index in [1.54, 1.807) is 12.1 Å². The Morgan fingerprint density at radius 1 is 1.50 bits per heavy atom. The number of nitrogens with one attached hydrogen (secondary N) is 1. The molecule has 1 N–H and O–H groups in total. The first-order valence-electron chi connectivity index (χ1n) is 5.48. The summed E-state index contributed by atoms with van der Waals surface area (Å²) >= 11 is 3.41. The van der Waals surface area contributed by atoms with E-state index in [9.17, 15) is 4.39 Å². The summed E-state index contributed by atoms with van der Waals surface area (Å²) in [7, 11) is 0. The second-order valence-electron chi connectivity index (χ2n) is 4.10. The molecular weight excluding hydrogens is 273 g/mol. The molecule has 0 radical (unpaired) electrons. The Hall–Kier alpha value is -0.450. The molecule has 0 amide bonds. The average Bonchev–Trinajstić information content (AvgIpc) is 2.76. The molecule has 0 spiro atoms. The SMILES string of the molecule is Fc1ccc(Br)c(CNCC2CCOC2)c1. The fourth-order valence-corrected chi connectivity index (χ4v) is 2.22. The van der Waals surface area contributed by atoms with Crippen molar-refractivity contribution in [3.05, 3.63) is 34.1 Å². The van der Waals surface area contributed by atoms with Gasteiger partial charge in [0.15, 0.2) is 0 Å². The highest BCUT2D eigenvalue weighted by atomic mass is 79.9. The van der Waals surface area contributed by atoms with Gasteiger partial charge in [-0.1, -0.05) is 15.9 Å². The summed E-state index contributed by atoms with van der Waals surface area (Å²) in [6, 6.07) is 4.76. The van der Waals surface area contributed by atoms with Gasteiger partial charge in [0.1, 0.15) is 5.82 Å². The van der Waals surface area contributed by atoms with Crippen LogP contribution < -0.4 is 5.32 Å². The van der Waals surface area contributed by atoms with Crippen LogP contribution in [0.15, 0.2) is 22.7 Å². The number of hydrogen-bond donors (Lipinski definition) is 1. The van der Waals surface area contributed by atoms with Crippen molar-refractivity contribution in [2.45, 2.75) is 13.0 Å². The molecule has 1 aromatic rings. The molecule has 0 bridgehead atoms. The third-order valence-corrected chi connectivity index (χ3v) is 3.55. The van der Waals surface area contributed by atoms with E-state index in [2.05, 4.69) is 21.2 Å². The first kappa shape index (κ1) is 12.0. The van der Waals surface area contributed by atoms with Gasteiger partial charge in [0.05, 0.1) is 6.61 Å². The van der Waals surface area contributed by atoms with Crippen molar-refractivity contribution in [2.75, 3.05) is 19.8 Å². The van der Waals surface area contributed by atoms with E-state index in [0.717, 1.165) is 36.2 Å². The monoisotopic (exact) mass is 287 g/mol. The summed E-state index contributed by atoms with van der Waals surface area (Å²) in [5.74, 6) is 0.413. The molecule has 1 fully saturated rings. The second-order valence-corrected chi connectivity index (χ2v) is 4.95. The Morgan fingerprint density at radius 3 is 3.12 bits per heavy atom. The highest BCUT2D eigenvalue weighted by Gasteiger charge is 2.14. The van der Waals surface area contributed by atoms with Gasteiger partial charge in [0.2, 0.25) is 0 Å². The van der Waals surface area contributed by atoms with Crippen molar-refractivity contribution in [2.24, 2.45) is 5.92 Å². The Bertz CT molecular complexity index is 353. The first-order chi connectivity index (χ1) is 7.75. The molecule has 0 aliphatic carbocycles. The molecule has 2 rings (SSSR count). The van der Waals surface area contributed by atoms with Gasteiger partial charge in [-0.25, -0.2) is 4.39 Å². The quantitative estimate of drug-likeness (QED) is 0.919. The van der Waals surface area contributed by atoms with Gasteiger partial charge >= 0.3 is 0 Å². The third kappa shape index (κ3) is 3.27. The molecule has 0 aromatic heterocycles. The van der Waals surface area contributed by atoms with Gasteiger partial charge in [-0.2, -0.15) is 0 Å². The largest absolute Gasteiger partial charge is 0.381 e. The fraction of sp³-hybridized carbons (Fsp3) is 0.500. The van der Waals surface area contributed by atoms with Crippen molar-refractivity contribution < 1.29 is 9.13 Å². The lowest BCUT2D eigenvalue weighted by molar-refractivity contribution is 0.185. The Labute approximate surface area is 103 Å². The molecule has 1 saturated heterocycles. The highest BCUT2D eigenvalue weighted by molar-refractivity contribution is 9.10. The van der Waals surface area contributed by atoms with E-state index in [0.29, 0.717) is 12.5 Å². The van der Waals surface area contributed by atoms with Crippen molar-refractivity contribution in [1.82, 2.24) is 5.32 Å². The molecule has 1 aliphatic rings. The van der Waals surface area contributed by atoms with Crippen LogP contribution in [-0.2, 0) is 11.3 Å². The Balaban J connectivity index is 1.82. The summed E-state index contributed by atoms with van der Waals surface area (Å²) in [6.45, 7) is 3.34. The molecule has 88 valence electrons. The standard InChI is InChI=1S/C12H15BrFNO/c13-12-2-1-11(14)5-10(12)7-15-6-9-3-4-16-8-9/h1-2,5,9,15H,3-4,6-8H2. The van der Waals surface area contributed by atoms with E-state index < -0.39 is 0 Å². The summed E-state index contributed by atoms with van der Waals surface area (Å²) in [4.78, 5) is 0. The predicted octanol–water partition coefficient (Wildman–Crippen LogP) is 2.71. The smallest absolute Gasteiger partial charge is 0.123 e. The van der Waals surface area contributed by atoms with Crippen LogP contribution in [0.25, 0.3) is 0 Å². The zero-order valence-electron chi connectivity index (χ0n) is 9.01. The maximum atomic E-state index is 13.0. The van der Waals surface area contributed by atoms with Crippen LogP contribution in [0.2, 0.25) is 0 Å². The van der Waals surface area contributed by atoms with Crippen molar-refractivity contribution >= 4 is 15.9 Å². The van der Waals surface area contributed by atoms with Crippen LogP contribution in [0.5, 0.6) is 0 Å². The third-order valence-electron chi connectivity index (χ3n) is 2.78. The van der Waals surface area contributed by atoms with Crippen LogP contribution in [-0.4, -0.2) is 19.8 Å². The molecule has 1 aliphatic heterocycles. The average molecular weight is 288 g/mol. The van der Waals surface area contributed by atoms with E-state index in [1.165, 1.54) is 6.07 Å². The lowest BCUT2D eigenvalue weighted by Crippen LogP contribution is -2.22. The maximum Gasteiger partial charge on any atom is 0.123 e. The maximum absolute atomic E-state index is 13.0. The van der Waals surface area contributed by atoms with E-state index in [1.807, 2.05) is 0 Å². The summed E-state index contributed by atoms with van der Waals surface area (Å²) in [5, 5.41) is 3.34. The van der Waals surface area contributed by atoms with Crippen LogP contribution in [0.4, 0.5) is 4.39 Å². The summed E-state index contributed by atoms with van der Waals surface area (Å²) in [5.41, 5.74) is 0.957. The summed E-state index contributed by atoms with van der Waals surface area (Å²) < 4.78 is 19.2. The van der Waals surface area contributed by atoms with Crippen molar-refractivity contribution in [3.63, 3.8) is 0 Å². The van der Waals surface area contributed by atoms with Crippen molar-refractivity contribution in [3.8, 4) is 0 Å². The number of halogens is 2. The number of rotatable bonds is 4. The summed E-state index contributed by atoms with van der Waals surface area (Å²) in [6.07, 6.45) is 1.12. The lowest BCUT2D eigenvalue weighted by atomic mass is 10.1. The first-order valence-corrected chi connectivity index (χ1v) is 6.27. The molecule has 1 atom stereocenters. The van der Waals surface area contributed by atoms with Gasteiger partial charge in [-0.05, 0) is 36.1 Å². The number of benzene rings is 1. The molecule has 0 saturated carbocycles. The minimum absolute atomic E-state index is 0.191. The van der Waals surface area contributed by atoms with Gasteiger partial charge in [0.25, 0.3) is 0 Å². The fourth-order valence-electron chi connectivity index (χ4n) is 1.83. The zero-order chi connectivity index (χ0) is 11.4. The Morgan fingerprint density at radius 2 is 2.38 bits per heavy atom. The minimum atomic E-state index is -0.191. The van der Waals surface area contributed by atoms with E-state index in [4.69, 9.17) is 4.74 Å². The normalized spacial score (nSPS) is 20.2. The van der Waals surface area contributed by atoms with Gasteiger partial charge in [-0.15, -0.1) is 0 Å². The van der Waals surface area contributed by atoms with Gasteiger partial charge in [0, 0.05) is 24.2 Å². The Kier molecular flexibility index (Phi) is 4.32. The minimum Gasteiger partial charge on any atom is -0.381 e. The lowest BCUT2D eigenvalue weighted by Gasteiger charge is -2.10. The molecule has 1 heterocycles. The number of ether oxygens (including phenoxy) is 1. The molecule has 2 nitrogen and oxygen atoms in total. The van der Waals surface area contributed by atoms with Crippen LogP contribution >= 0.6 is 15.9 Å². The van der Waals surface area contributed by atoms with Gasteiger partial charge < -0.3 is 10.1 Å². The van der Waals surface area contributed by atoms with Crippen LogP contribution in [0, 0.1) is 11.7 Å². The topological polar surface area (TPSA) is 21.3 Å². The number of hydrogen-bond acceptors (Lipinski definition) is 2. The van der Waals surface area contributed by atoms with Crippen LogP contribution in [0.3, 0.4) is 0 Å². The second kappa shape index (κ2) is 5.75. The zero-order valence-corrected chi connectivity index (χ0v) is 10.6. The molecule has 16 heavy (non-hydrogen) atoms. The van der Waals surface area contributed by atoms with E-state index >= 15 is 0 Å². The van der Waals surface area contributed by atoms with E-state index in [-0.39, 0.29) is 5.82 Å². The van der Waals surface area contributed by atoms with Gasteiger partial charge in [-0.3, -0.25) is 0 Å². The van der Waals surface area contributed by atoms with Crippen LogP contribution in [0.1, 0.15) is 12.0 Å². The molecule has 1 unspecified atom stereocenters. The molecular formula is C12H15BrFNO. The van der Waals surface area contributed by atoms with Crippen molar-refractivity contribution in [1.29, 1.82) is 0 Å². The predicted molar refractivity (Wildman–Crippen MR) is 64.7 cm³/mol. The molecule has 4 heteroatoms.